The minimum atomic E-state index is -0.767. The molecule has 0 aliphatic carbocycles. The minimum Gasteiger partial charge on any atom is -0.441 e. The Labute approximate surface area is 185 Å². The van der Waals surface area contributed by atoms with Crippen molar-refractivity contribution in [3.8, 4) is 11.4 Å². The second kappa shape index (κ2) is 8.29. The van der Waals surface area contributed by atoms with Crippen LogP contribution in [0.1, 0.15) is 34.1 Å². The number of carbonyl (C=O) groups excluding carboxylic acids is 2. The molecule has 0 saturated carbocycles. The third-order valence-corrected chi connectivity index (χ3v) is 4.77. The molecule has 3 heterocycles. The van der Waals surface area contributed by atoms with E-state index in [9.17, 15) is 9.59 Å². The van der Waals surface area contributed by atoms with Crippen LogP contribution < -0.4 is 15.4 Å². The van der Waals surface area contributed by atoms with Gasteiger partial charge in [0.25, 0.3) is 0 Å². The molecule has 10 heteroatoms. The van der Waals surface area contributed by atoms with E-state index in [2.05, 4.69) is 20.3 Å². The van der Waals surface area contributed by atoms with E-state index < -0.39 is 17.7 Å². The Balaban J connectivity index is 1.91. The average molecular weight is 435 g/mol. The number of hydrogen-bond acceptors (Lipinski definition) is 7. The van der Waals surface area contributed by atoms with Gasteiger partial charge in [-0.05, 0) is 27.2 Å². The maximum atomic E-state index is 13.6. The smallest absolute Gasteiger partial charge is 0.441 e. The molecule has 32 heavy (non-hydrogen) atoms. The van der Waals surface area contributed by atoms with Crippen LogP contribution in [0.25, 0.3) is 11.4 Å². The first kappa shape index (κ1) is 21.3. The lowest BCUT2D eigenvalue weighted by Crippen LogP contribution is -2.63. The normalized spacial score (nSPS) is 15.7. The Bertz CT molecular complexity index is 1120. The highest BCUT2D eigenvalue weighted by Crippen LogP contribution is 2.32. The van der Waals surface area contributed by atoms with Crippen LogP contribution in [0.2, 0.25) is 0 Å². The van der Waals surface area contributed by atoms with Crippen molar-refractivity contribution in [1.29, 1.82) is 0 Å². The highest BCUT2D eigenvalue weighted by Gasteiger charge is 2.42. The first-order valence-electron chi connectivity index (χ1n) is 10.3. The number of nitrogens with one attached hydrogen (secondary N) is 1. The van der Waals surface area contributed by atoms with Gasteiger partial charge in [-0.3, -0.25) is 4.79 Å². The summed E-state index contributed by atoms with van der Waals surface area (Å²) in [5.74, 6) is 0.614. The number of hydrogen-bond donors (Lipinski definition) is 1. The van der Waals surface area contributed by atoms with Gasteiger partial charge in [0, 0.05) is 18.0 Å². The fraction of sp³-hybridized carbons (Fsp3) is 0.318. The van der Waals surface area contributed by atoms with Crippen molar-refractivity contribution < 1.29 is 14.3 Å². The third kappa shape index (κ3) is 3.98. The summed E-state index contributed by atoms with van der Waals surface area (Å²) >= 11 is 0. The number of fused-ring (bicyclic) bond motifs is 1. The van der Waals surface area contributed by atoms with Crippen LogP contribution in [-0.2, 0) is 9.53 Å². The molecular formula is C22H25N7O3. The molecule has 0 fully saturated rings. The average Bonchev–Trinajstić information content (AvgIpc) is 3.22. The summed E-state index contributed by atoms with van der Waals surface area (Å²) in [7, 11) is 0. The standard InChI is InChI=1S/C22H25N7O3/c1-5-17-20(30)26-16-13-23-14-25-19(16)28(17)29(21(31)32-22(2,3)4)27-12-11-24-18(27)15-9-7-6-8-10-15/h6-14,17H,5H2,1-4H3,(H,26,30). The van der Waals surface area contributed by atoms with E-state index in [4.69, 9.17) is 4.74 Å². The molecule has 0 bridgehead atoms. The van der Waals surface area contributed by atoms with Crippen LogP contribution in [0.3, 0.4) is 0 Å². The lowest BCUT2D eigenvalue weighted by atomic mass is 10.1. The van der Waals surface area contributed by atoms with Crippen LogP contribution in [0.15, 0.2) is 55.2 Å². The van der Waals surface area contributed by atoms with Crippen LogP contribution in [-0.4, -0.2) is 43.3 Å². The first-order chi connectivity index (χ1) is 15.3. The molecule has 1 N–H and O–H groups in total. The molecular weight excluding hydrogens is 410 g/mol. The fourth-order valence-corrected chi connectivity index (χ4v) is 3.47. The molecule has 166 valence electrons. The molecule has 0 saturated heterocycles. The summed E-state index contributed by atoms with van der Waals surface area (Å²) in [5.41, 5.74) is 0.428. The molecule has 1 unspecified atom stereocenters. The Morgan fingerprint density at radius 1 is 1.22 bits per heavy atom. The Morgan fingerprint density at radius 2 is 1.97 bits per heavy atom. The summed E-state index contributed by atoms with van der Waals surface area (Å²) in [6.07, 6.45) is 5.85. The van der Waals surface area contributed by atoms with Gasteiger partial charge in [0.2, 0.25) is 5.91 Å². The number of carbonyl (C=O) groups is 2. The molecule has 3 aromatic rings. The van der Waals surface area contributed by atoms with E-state index in [1.165, 1.54) is 22.7 Å². The predicted octanol–water partition coefficient (Wildman–Crippen LogP) is 3.37. The topological polar surface area (TPSA) is 105 Å². The number of rotatable bonds is 4. The first-order valence-corrected chi connectivity index (χ1v) is 10.3. The molecule has 1 aliphatic heterocycles. The SMILES string of the molecule is CCC1C(=O)Nc2cncnc2N1N(C(=O)OC(C)(C)C)n1ccnc1-c1ccccc1. The van der Waals surface area contributed by atoms with E-state index in [-0.39, 0.29) is 5.91 Å². The Kier molecular flexibility index (Phi) is 5.52. The Morgan fingerprint density at radius 3 is 2.66 bits per heavy atom. The van der Waals surface area contributed by atoms with Gasteiger partial charge in [0.05, 0.1) is 6.20 Å². The number of benzene rings is 1. The van der Waals surface area contributed by atoms with Crippen molar-refractivity contribution in [2.24, 2.45) is 0 Å². The number of imidazole rings is 1. The minimum absolute atomic E-state index is 0.273. The van der Waals surface area contributed by atoms with Gasteiger partial charge in [-0.25, -0.2) is 29.4 Å². The lowest BCUT2D eigenvalue weighted by Gasteiger charge is -2.43. The maximum absolute atomic E-state index is 13.6. The number of hydrazine groups is 1. The molecule has 0 radical (unpaired) electrons. The number of anilines is 2. The quantitative estimate of drug-likeness (QED) is 0.670. The maximum Gasteiger partial charge on any atom is 0.449 e. The molecule has 1 aliphatic rings. The Hall–Kier alpha value is -3.95. The van der Waals surface area contributed by atoms with Crippen LogP contribution in [0.4, 0.5) is 16.3 Å². The molecule has 1 atom stereocenters. The summed E-state index contributed by atoms with van der Waals surface area (Å²) in [5, 5.41) is 5.63. The van der Waals surface area contributed by atoms with Crippen molar-refractivity contribution in [3.05, 3.63) is 55.2 Å². The van der Waals surface area contributed by atoms with Gasteiger partial charge in [-0.1, -0.05) is 37.3 Å². The van der Waals surface area contributed by atoms with Gasteiger partial charge in [-0.2, -0.15) is 0 Å². The number of nitrogens with zero attached hydrogens (tertiary/aromatic N) is 6. The van der Waals surface area contributed by atoms with Crippen molar-refractivity contribution in [2.75, 3.05) is 15.4 Å². The van der Waals surface area contributed by atoms with Crippen LogP contribution in [0, 0.1) is 0 Å². The van der Waals surface area contributed by atoms with Crippen molar-refractivity contribution in [1.82, 2.24) is 19.6 Å². The highest BCUT2D eigenvalue weighted by atomic mass is 16.6. The van der Waals surface area contributed by atoms with Gasteiger partial charge in [0.15, 0.2) is 11.6 Å². The molecule has 2 amide bonds. The predicted molar refractivity (Wildman–Crippen MR) is 119 cm³/mol. The van der Waals surface area contributed by atoms with E-state index in [0.717, 1.165) is 5.56 Å². The van der Waals surface area contributed by atoms with Crippen LogP contribution in [0.5, 0.6) is 0 Å². The van der Waals surface area contributed by atoms with Crippen molar-refractivity contribution in [3.63, 3.8) is 0 Å². The van der Waals surface area contributed by atoms with Crippen molar-refractivity contribution in [2.45, 2.75) is 45.8 Å². The van der Waals surface area contributed by atoms with Gasteiger partial charge >= 0.3 is 6.09 Å². The highest BCUT2D eigenvalue weighted by molar-refractivity contribution is 6.04. The molecule has 2 aromatic heterocycles. The van der Waals surface area contributed by atoms with E-state index in [0.29, 0.717) is 23.8 Å². The zero-order valence-corrected chi connectivity index (χ0v) is 18.4. The number of amides is 2. The third-order valence-electron chi connectivity index (χ3n) is 4.77. The molecule has 0 spiro atoms. The second-order valence-corrected chi connectivity index (χ2v) is 8.25. The molecule has 4 rings (SSSR count). The van der Waals surface area contributed by atoms with E-state index in [1.54, 1.807) is 37.8 Å². The number of ether oxygens (including phenoxy) is 1. The monoisotopic (exact) mass is 435 g/mol. The van der Waals surface area contributed by atoms with Crippen LogP contribution >= 0.6 is 0 Å². The molecule has 10 nitrogen and oxygen atoms in total. The van der Waals surface area contributed by atoms with E-state index in [1.807, 2.05) is 37.3 Å². The summed E-state index contributed by atoms with van der Waals surface area (Å²) in [6, 6.07) is 8.74. The van der Waals surface area contributed by atoms with E-state index >= 15 is 0 Å². The summed E-state index contributed by atoms with van der Waals surface area (Å²) in [4.78, 5) is 39.3. The van der Waals surface area contributed by atoms with Gasteiger partial charge in [0.1, 0.15) is 23.7 Å². The second-order valence-electron chi connectivity index (χ2n) is 8.25. The number of aromatic nitrogens is 4. The van der Waals surface area contributed by atoms with Crippen molar-refractivity contribution >= 4 is 23.5 Å². The lowest BCUT2D eigenvalue weighted by molar-refractivity contribution is -0.117. The summed E-state index contributed by atoms with van der Waals surface area (Å²) < 4.78 is 7.30. The molecule has 1 aromatic carbocycles. The van der Waals surface area contributed by atoms with Gasteiger partial charge < -0.3 is 10.1 Å². The largest absolute Gasteiger partial charge is 0.449 e. The fourth-order valence-electron chi connectivity index (χ4n) is 3.47. The van der Waals surface area contributed by atoms with Gasteiger partial charge in [-0.15, -0.1) is 5.12 Å². The zero-order valence-electron chi connectivity index (χ0n) is 18.4. The zero-order chi connectivity index (χ0) is 22.9. The summed E-state index contributed by atoms with van der Waals surface area (Å²) in [6.45, 7) is 7.21.